The summed E-state index contributed by atoms with van der Waals surface area (Å²) >= 11 is 0. The van der Waals surface area contributed by atoms with E-state index >= 15 is 0 Å². The van der Waals surface area contributed by atoms with E-state index in [0.29, 0.717) is 11.7 Å². The molecule has 1 aliphatic carbocycles. The number of hydrogen-bond donors (Lipinski definition) is 1. The number of rotatable bonds is 4. The van der Waals surface area contributed by atoms with E-state index in [4.69, 9.17) is 0 Å². The van der Waals surface area contributed by atoms with Gasteiger partial charge in [-0.05, 0) is 50.7 Å². The quantitative estimate of drug-likeness (QED) is 0.791. The van der Waals surface area contributed by atoms with Crippen LogP contribution in [0.1, 0.15) is 46.5 Å². The van der Waals surface area contributed by atoms with Gasteiger partial charge in [0.15, 0.2) is 0 Å². The highest BCUT2D eigenvalue weighted by Crippen LogP contribution is 2.28. The number of hydrogen-bond acceptors (Lipinski definition) is 2. The highest BCUT2D eigenvalue weighted by atomic mass is 19.3. The van der Waals surface area contributed by atoms with Gasteiger partial charge in [0.1, 0.15) is 5.82 Å². The van der Waals surface area contributed by atoms with Crippen LogP contribution in [0.3, 0.4) is 0 Å². The summed E-state index contributed by atoms with van der Waals surface area (Å²) in [6.45, 7) is 8.60. The first-order chi connectivity index (χ1) is 10.3. The molecule has 0 aromatic carbocycles. The molecule has 2 nitrogen and oxygen atoms in total. The fourth-order valence-electron chi connectivity index (χ4n) is 2.76. The standard InChI is InChI=1S/C18H26F2N2/c1-13-8-10-16(11-9-13)21-17-7-5-6-15(3)22(17)12-14(2)18(4,19)20/h5-7,12-13,16,21H,3,8-11H2,1-2,4H3/b14-12+. The van der Waals surface area contributed by atoms with Crippen molar-refractivity contribution < 1.29 is 8.78 Å². The Bertz CT molecular complexity index is 504. The molecule has 4 heteroatoms. The van der Waals surface area contributed by atoms with Crippen molar-refractivity contribution in [3.05, 3.63) is 48.1 Å². The zero-order chi connectivity index (χ0) is 16.3. The number of nitrogens with zero attached hydrogens (tertiary/aromatic N) is 1. The van der Waals surface area contributed by atoms with Crippen molar-refractivity contribution >= 4 is 0 Å². The summed E-state index contributed by atoms with van der Waals surface area (Å²) in [7, 11) is 0. The van der Waals surface area contributed by atoms with Gasteiger partial charge in [0.2, 0.25) is 0 Å². The zero-order valence-corrected chi connectivity index (χ0v) is 13.7. The monoisotopic (exact) mass is 308 g/mol. The molecule has 2 aliphatic rings. The lowest BCUT2D eigenvalue weighted by Crippen LogP contribution is -2.38. The fraction of sp³-hybridized carbons (Fsp3) is 0.556. The van der Waals surface area contributed by atoms with Gasteiger partial charge in [-0.2, -0.15) is 0 Å². The molecule has 0 bridgehead atoms. The summed E-state index contributed by atoms with van der Waals surface area (Å²) in [5.41, 5.74) is 0.715. The van der Waals surface area contributed by atoms with Crippen LogP contribution in [-0.4, -0.2) is 16.9 Å². The van der Waals surface area contributed by atoms with E-state index in [1.165, 1.54) is 26.0 Å². The summed E-state index contributed by atoms with van der Waals surface area (Å²) in [5, 5.41) is 3.50. The molecule has 0 aromatic heterocycles. The van der Waals surface area contributed by atoms with Crippen LogP contribution in [-0.2, 0) is 0 Å². The fourth-order valence-corrected chi connectivity index (χ4v) is 2.76. The van der Waals surface area contributed by atoms with Crippen LogP contribution in [0, 0.1) is 5.92 Å². The Hall–Kier alpha value is -1.58. The minimum absolute atomic E-state index is 0.0221. The van der Waals surface area contributed by atoms with E-state index in [2.05, 4.69) is 18.8 Å². The Labute approximate surface area is 132 Å². The van der Waals surface area contributed by atoms with Gasteiger partial charge in [0.05, 0.1) is 0 Å². The summed E-state index contributed by atoms with van der Waals surface area (Å²) in [4.78, 5) is 1.73. The minimum atomic E-state index is -2.83. The minimum Gasteiger partial charge on any atom is -0.368 e. The lowest BCUT2D eigenvalue weighted by atomic mass is 9.87. The molecule has 0 saturated heterocycles. The smallest absolute Gasteiger partial charge is 0.268 e. The molecule has 0 atom stereocenters. The molecule has 0 amide bonds. The molecular weight excluding hydrogens is 282 g/mol. The molecule has 2 rings (SSSR count). The first-order valence-electron chi connectivity index (χ1n) is 7.97. The van der Waals surface area contributed by atoms with Gasteiger partial charge in [-0.25, -0.2) is 8.78 Å². The molecule has 0 spiro atoms. The molecule has 0 radical (unpaired) electrons. The third-order valence-corrected chi connectivity index (χ3v) is 4.49. The summed E-state index contributed by atoms with van der Waals surface area (Å²) in [6, 6.07) is 0.403. The second kappa shape index (κ2) is 6.67. The van der Waals surface area contributed by atoms with Crippen molar-refractivity contribution in [2.75, 3.05) is 0 Å². The van der Waals surface area contributed by atoms with Crippen molar-refractivity contribution in [3.8, 4) is 0 Å². The molecule has 1 fully saturated rings. The third kappa shape index (κ3) is 4.21. The largest absolute Gasteiger partial charge is 0.368 e. The van der Waals surface area contributed by atoms with Gasteiger partial charge in [-0.15, -0.1) is 0 Å². The lowest BCUT2D eigenvalue weighted by Gasteiger charge is -2.34. The van der Waals surface area contributed by atoms with Gasteiger partial charge in [-0.3, -0.25) is 0 Å². The summed E-state index contributed by atoms with van der Waals surface area (Å²) in [6.07, 6.45) is 11.8. The van der Waals surface area contributed by atoms with Crippen LogP contribution in [0.25, 0.3) is 0 Å². The highest BCUT2D eigenvalue weighted by Gasteiger charge is 2.26. The van der Waals surface area contributed by atoms with Crippen molar-refractivity contribution in [2.24, 2.45) is 5.92 Å². The van der Waals surface area contributed by atoms with Gasteiger partial charge >= 0.3 is 0 Å². The van der Waals surface area contributed by atoms with Gasteiger partial charge in [-0.1, -0.05) is 19.6 Å². The highest BCUT2D eigenvalue weighted by molar-refractivity contribution is 5.33. The number of nitrogens with one attached hydrogen (secondary N) is 1. The molecule has 1 saturated carbocycles. The van der Waals surface area contributed by atoms with Crippen LogP contribution < -0.4 is 5.32 Å². The van der Waals surface area contributed by atoms with E-state index in [1.54, 1.807) is 4.90 Å². The molecular formula is C18H26F2N2. The van der Waals surface area contributed by atoms with Crippen molar-refractivity contribution in [1.29, 1.82) is 0 Å². The Morgan fingerprint density at radius 3 is 2.59 bits per heavy atom. The van der Waals surface area contributed by atoms with E-state index < -0.39 is 5.92 Å². The van der Waals surface area contributed by atoms with Gasteiger partial charge < -0.3 is 10.2 Å². The van der Waals surface area contributed by atoms with E-state index in [1.807, 2.05) is 18.2 Å². The molecule has 0 aromatic rings. The predicted octanol–water partition coefficient (Wildman–Crippen LogP) is 4.94. The zero-order valence-electron chi connectivity index (χ0n) is 13.7. The van der Waals surface area contributed by atoms with Crippen molar-refractivity contribution in [2.45, 2.75) is 58.4 Å². The van der Waals surface area contributed by atoms with E-state index in [0.717, 1.165) is 31.5 Å². The third-order valence-electron chi connectivity index (χ3n) is 4.49. The van der Waals surface area contributed by atoms with Gasteiger partial charge in [0.25, 0.3) is 5.92 Å². The van der Waals surface area contributed by atoms with E-state index in [9.17, 15) is 8.78 Å². The molecule has 1 N–H and O–H groups in total. The maximum Gasteiger partial charge on any atom is 0.268 e. The van der Waals surface area contributed by atoms with Crippen LogP contribution >= 0.6 is 0 Å². The number of alkyl halides is 2. The normalized spacial score (nSPS) is 27.0. The SMILES string of the molecule is C=C1C=CC=C(NC2CCC(C)CC2)N1/C=C(\C)C(C)(F)F. The lowest BCUT2D eigenvalue weighted by molar-refractivity contribution is 0.0620. The maximum atomic E-state index is 13.4. The first-order valence-corrected chi connectivity index (χ1v) is 7.97. The Kier molecular flexibility index (Phi) is 5.09. The van der Waals surface area contributed by atoms with Crippen molar-refractivity contribution in [1.82, 2.24) is 10.2 Å². The molecule has 1 heterocycles. The molecule has 1 aliphatic heterocycles. The Morgan fingerprint density at radius 1 is 1.36 bits per heavy atom. The maximum absolute atomic E-state index is 13.4. The van der Waals surface area contributed by atoms with Crippen molar-refractivity contribution in [3.63, 3.8) is 0 Å². The number of allylic oxidation sites excluding steroid dienone is 4. The predicted molar refractivity (Wildman–Crippen MR) is 87.1 cm³/mol. The second-order valence-corrected chi connectivity index (χ2v) is 6.57. The Morgan fingerprint density at radius 2 is 2.00 bits per heavy atom. The summed E-state index contributed by atoms with van der Waals surface area (Å²) < 4.78 is 26.9. The average Bonchev–Trinajstić information content (AvgIpc) is 2.44. The summed E-state index contributed by atoms with van der Waals surface area (Å²) in [5.74, 6) is -1.21. The average molecular weight is 308 g/mol. The van der Waals surface area contributed by atoms with Crippen LogP contribution in [0.4, 0.5) is 8.78 Å². The molecule has 0 unspecified atom stereocenters. The Balaban J connectivity index is 2.12. The topological polar surface area (TPSA) is 15.3 Å². The van der Waals surface area contributed by atoms with Crippen LogP contribution in [0.2, 0.25) is 0 Å². The van der Waals surface area contributed by atoms with Crippen LogP contribution in [0.15, 0.2) is 48.1 Å². The van der Waals surface area contributed by atoms with Gasteiger partial charge in [0, 0.05) is 30.4 Å². The molecule has 122 valence electrons. The molecule has 22 heavy (non-hydrogen) atoms. The number of halogens is 2. The van der Waals surface area contributed by atoms with E-state index in [-0.39, 0.29) is 5.57 Å². The first kappa shape index (κ1) is 16.8. The van der Waals surface area contributed by atoms with Crippen LogP contribution in [0.5, 0.6) is 0 Å². The second-order valence-electron chi connectivity index (χ2n) is 6.57.